The summed E-state index contributed by atoms with van der Waals surface area (Å²) in [5.74, 6) is 0. The first-order valence-corrected chi connectivity index (χ1v) is 8.35. The van der Waals surface area contributed by atoms with Gasteiger partial charge < -0.3 is 4.90 Å². The maximum absolute atomic E-state index is 6.24. The highest BCUT2D eigenvalue weighted by Crippen LogP contribution is 2.36. The molecule has 0 atom stereocenters. The van der Waals surface area contributed by atoms with Gasteiger partial charge in [-0.15, -0.1) is 0 Å². The first-order chi connectivity index (χ1) is 10.2. The van der Waals surface area contributed by atoms with Gasteiger partial charge in [-0.3, -0.25) is 0 Å². The molecule has 1 aliphatic heterocycles. The van der Waals surface area contributed by atoms with E-state index in [4.69, 9.17) is 28.2 Å². The van der Waals surface area contributed by atoms with Gasteiger partial charge >= 0.3 is 0 Å². The van der Waals surface area contributed by atoms with Gasteiger partial charge in [0.1, 0.15) is 5.52 Å². The Balaban J connectivity index is 1.73. The van der Waals surface area contributed by atoms with Gasteiger partial charge in [0, 0.05) is 18.1 Å². The molecule has 0 saturated carbocycles. The lowest BCUT2D eigenvalue weighted by Crippen LogP contribution is -2.30. The van der Waals surface area contributed by atoms with Crippen LogP contribution in [0.1, 0.15) is 11.1 Å². The summed E-state index contributed by atoms with van der Waals surface area (Å²) >= 11 is 14.0. The summed E-state index contributed by atoms with van der Waals surface area (Å²) in [6.45, 7) is 1.89. The molecule has 0 aliphatic carbocycles. The largest absolute Gasteiger partial charge is 0.343 e. The molecule has 4 rings (SSSR count). The van der Waals surface area contributed by atoms with Crippen LogP contribution < -0.4 is 4.90 Å². The minimum absolute atomic E-state index is 0.623. The number of anilines is 1. The van der Waals surface area contributed by atoms with Gasteiger partial charge in [-0.05, 0) is 29.7 Å². The van der Waals surface area contributed by atoms with Crippen LogP contribution in [0.25, 0.3) is 10.2 Å². The lowest BCUT2D eigenvalue weighted by atomic mass is 10.0. The maximum Gasteiger partial charge on any atom is 0.186 e. The molecule has 21 heavy (non-hydrogen) atoms. The molecule has 2 aromatic carbocycles. The summed E-state index contributed by atoms with van der Waals surface area (Å²) in [7, 11) is 0. The Morgan fingerprint density at radius 1 is 1.10 bits per heavy atom. The fraction of sp³-hybridized carbons (Fsp3) is 0.188. The van der Waals surface area contributed by atoms with E-state index in [0.29, 0.717) is 10.0 Å². The number of hydrogen-bond donors (Lipinski definition) is 0. The molecule has 1 aromatic heterocycles. The van der Waals surface area contributed by atoms with Gasteiger partial charge in [0.25, 0.3) is 0 Å². The topological polar surface area (TPSA) is 16.1 Å². The molecule has 1 aliphatic rings. The van der Waals surface area contributed by atoms with Gasteiger partial charge in [0.05, 0.1) is 9.72 Å². The smallest absolute Gasteiger partial charge is 0.186 e. The van der Waals surface area contributed by atoms with E-state index in [1.54, 1.807) is 17.4 Å². The number of halogens is 2. The second-order valence-electron chi connectivity index (χ2n) is 5.17. The van der Waals surface area contributed by atoms with E-state index < -0.39 is 0 Å². The molecule has 2 nitrogen and oxygen atoms in total. The standard InChI is InChI=1S/C16H12Cl2N2S/c17-12-7-13(18)15-14(8-12)21-16(19-15)20-6-5-10-3-1-2-4-11(10)9-20/h1-4,7-8H,5-6,9H2. The predicted molar refractivity (Wildman–Crippen MR) is 90.8 cm³/mol. The molecule has 5 heteroatoms. The van der Waals surface area contributed by atoms with E-state index in [0.717, 1.165) is 34.9 Å². The van der Waals surface area contributed by atoms with Crippen molar-refractivity contribution in [1.29, 1.82) is 0 Å². The number of rotatable bonds is 1. The number of aromatic nitrogens is 1. The summed E-state index contributed by atoms with van der Waals surface area (Å²) in [4.78, 5) is 7.02. The first kappa shape index (κ1) is 13.4. The lowest BCUT2D eigenvalue weighted by molar-refractivity contribution is 0.730. The van der Waals surface area contributed by atoms with Crippen molar-refractivity contribution in [2.75, 3.05) is 11.4 Å². The van der Waals surface area contributed by atoms with Gasteiger partial charge in [-0.25, -0.2) is 4.98 Å². The van der Waals surface area contributed by atoms with Crippen molar-refractivity contribution >= 4 is 49.9 Å². The number of fused-ring (bicyclic) bond motifs is 2. The Labute approximate surface area is 136 Å². The van der Waals surface area contributed by atoms with Crippen LogP contribution in [0.5, 0.6) is 0 Å². The molecule has 2 heterocycles. The third-order valence-corrected chi connectivity index (χ3v) is 5.37. The van der Waals surface area contributed by atoms with E-state index in [1.165, 1.54) is 11.1 Å². The second-order valence-corrected chi connectivity index (χ2v) is 7.02. The monoisotopic (exact) mass is 334 g/mol. The zero-order chi connectivity index (χ0) is 14.4. The Morgan fingerprint density at radius 3 is 2.76 bits per heavy atom. The van der Waals surface area contributed by atoms with Crippen molar-refractivity contribution < 1.29 is 0 Å². The number of thiazole rings is 1. The van der Waals surface area contributed by atoms with Crippen LogP contribution in [0, 0.1) is 0 Å². The predicted octanol–water partition coefficient (Wildman–Crippen LogP) is 5.17. The van der Waals surface area contributed by atoms with Crippen molar-refractivity contribution in [3.05, 3.63) is 57.6 Å². The maximum atomic E-state index is 6.24. The van der Waals surface area contributed by atoms with Crippen molar-refractivity contribution in [2.24, 2.45) is 0 Å². The first-order valence-electron chi connectivity index (χ1n) is 6.78. The molecule has 0 N–H and O–H groups in total. The van der Waals surface area contributed by atoms with Crippen molar-refractivity contribution in [3.63, 3.8) is 0 Å². The molecule has 106 valence electrons. The highest BCUT2D eigenvalue weighted by atomic mass is 35.5. The van der Waals surface area contributed by atoms with Crippen LogP contribution in [0.4, 0.5) is 5.13 Å². The second kappa shape index (κ2) is 5.16. The summed E-state index contributed by atoms with van der Waals surface area (Å²) in [6, 6.07) is 12.3. The molecular formula is C16H12Cl2N2S. The SMILES string of the molecule is Clc1cc(Cl)c2nc(N3CCc4ccccc4C3)sc2c1. The molecule has 0 saturated heterocycles. The highest BCUT2D eigenvalue weighted by molar-refractivity contribution is 7.22. The van der Waals surface area contributed by atoms with Crippen LogP contribution in [-0.4, -0.2) is 11.5 Å². The minimum Gasteiger partial charge on any atom is -0.343 e. The quantitative estimate of drug-likeness (QED) is 0.610. The zero-order valence-corrected chi connectivity index (χ0v) is 13.5. The van der Waals surface area contributed by atoms with Crippen LogP contribution in [0.15, 0.2) is 36.4 Å². The van der Waals surface area contributed by atoms with Crippen LogP contribution in [0.3, 0.4) is 0 Å². The number of hydrogen-bond acceptors (Lipinski definition) is 3. The van der Waals surface area contributed by atoms with Crippen molar-refractivity contribution in [1.82, 2.24) is 4.98 Å². The van der Waals surface area contributed by atoms with Crippen LogP contribution >= 0.6 is 34.5 Å². The third kappa shape index (κ3) is 2.39. The molecule has 0 fully saturated rings. The average molecular weight is 335 g/mol. The zero-order valence-electron chi connectivity index (χ0n) is 11.1. The molecule has 0 radical (unpaired) electrons. The van der Waals surface area contributed by atoms with E-state index in [9.17, 15) is 0 Å². The summed E-state index contributed by atoms with van der Waals surface area (Å²) in [6.07, 6.45) is 1.06. The average Bonchev–Trinajstić information content (AvgIpc) is 2.91. The Morgan fingerprint density at radius 2 is 1.90 bits per heavy atom. The molecule has 0 unspecified atom stereocenters. The number of nitrogens with zero attached hydrogens (tertiary/aromatic N) is 2. The Bertz CT molecular complexity index is 828. The fourth-order valence-corrected chi connectivity index (χ4v) is 4.45. The minimum atomic E-state index is 0.623. The third-order valence-electron chi connectivity index (χ3n) is 3.80. The molecular weight excluding hydrogens is 323 g/mol. The van der Waals surface area contributed by atoms with Gasteiger partial charge in [0.2, 0.25) is 0 Å². The van der Waals surface area contributed by atoms with Crippen LogP contribution in [-0.2, 0) is 13.0 Å². The molecule has 0 bridgehead atoms. The number of benzene rings is 2. The van der Waals surface area contributed by atoms with E-state index in [2.05, 4.69) is 29.2 Å². The molecule has 0 spiro atoms. The van der Waals surface area contributed by atoms with Crippen LogP contribution in [0.2, 0.25) is 10.0 Å². The normalized spacial score (nSPS) is 14.5. The van der Waals surface area contributed by atoms with E-state index in [-0.39, 0.29) is 0 Å². The fourth-order valence-electron chi connectivity index (χ4n) is 2.74. The van der Waals surface area contributed by atoms with Gasteiger partial charge in [-0.1, -0.05) is 58.8 Å². The van der Waals surface area contributed by atoms with Gasteiger partial charge in [0.15, 0.2) is 5.13 Å². The Kier molecular flexibility index (Phi) is 3.29. The van der Waals surface area contributed by atoms with E-state index >= 15 is 0 Å². The van der Waals surface area contributed by atoms with Gasteiger partial charge in [-0.2, -0.15) is 0 Å². The molecule has 0 amide bonds. The summed E-state index contributed by atoms with van der Waals surface area (Å²) in [5, 5.41) is 2.30. The summed E-state index contributed by atoms with van der Waals surface area (Å²) in [5.41, 5.74) is 3.67. The lowest BCUT2D eigenvalue weighted by Gasteiger charge is -2.28. The highest BCUT2D eigenvalue weighted by Gasteiger charge is 2.19. The van der Waals surface area contributed by atoms with Crippen molar-refractivity contribution in [2.45, 2.75) is 13.0 Å². The molecule has 3 aromatic rings. The Hall–Kier alpha value is -1.29. The van der Waals surface area contributed by atoms with E-state index in [1.807, 2.05) is 6.07 Å². The summed E-state index contributed by atoms with van der Waals surface area (Å²) < 4.78 is 1.04. The van der Waals surface area contributed by atoms with Crippen molar-refractivity contribution in [3.8, 4) is 0 Å².